The number of hydrogen-bond acceptors (Lipinski definition) is 3. The predicted molar refractivity (Wildman–Crippen MR) is 107 cm³/mol. The first-order chi connectivity index (χ1) is 13.1. The average molecular weight is 357 g/mol. The smallest absolute Gasteiger partial charge is 0.273 e. The van der Waals surface area contributed by atoms with Crippen LogP contribution in [0.4, 0.5) is 5.69 Å². The molecule has 5 heteroatoms. The zero-order valence-corrected chi connectivity index (χ0v) is 14.8. The number of carbonyl (C=O) groups is 2. The van der Waals surface area contributed by atoms with Crippen molar-refractivity contribution in [1.29, 1.82) is 0 Å². The van der Waals surface area contributed by atoms with E-state index in [9.17, 15) is 9.59 Å². The van der Waals surface area contributed by atoms with Crippen molar-refractivity contribution in [3.8, 4) is 0 Å². The van der Waals surface area contributed by atoms with Gasteiger partial charge < -0.3 is 5.32 Å². The summed E-state index contributed by atoms with van der Waals surface area (Å²) in [6.07, 6.45) is 1.56. The van der Waals surface area contributed by atoms with Crippen molar-refractivity contribution in [1.82, 2.24) is 5.43 Å². The molecular weight excluding hydrogens is 338 g/mol. The van der Waals surface area contributed by atoms with Crippen molar-refractivity contribution in [3.63, 3.8) is 0 Å². The lowest BCUT2D eigenvalue weighted by Crippen LogP contribution is -2.21. The van der Waals surface area contributed by atoms with Crippen LogP contribution in [-0.2, 0) is 0 Å². The molecule has 0 saturated heterocycles. The van der Waals surface area contributed by atoms with E-state index in [1.54, 1.807) is 42.6 Å². The predicted octanol–water partition coefficient (Wildman–Crippen LogP) is 4.01. The van der Waals surface area contributed by atoms with Gasteiger partial charge in [-0.3, -0.25) is 9.59 Å². The molecule has 5 nitrogen and oxygen atoms in total. The number of anilines is 1. The Morgan fingerprint density at radius 3 is 2.15 bits per heavy atom. The van der Waals surface area contributed by atoms with Crippen molar-refractivity contribution in [2.24, 2.45) is 5.10 Å². The Morgan fingerprint density at radius 2 is 1.41 bits per heavy atom. The fraction of sp³-hybridized carbons (Fsp3) is 0.0455. The number of amides is 2. The monoisotopic (exact) mass is 357 g/mol. The SMILES string of the molecule is Cc1ccccc1C(=O)Nc1ccccc1C(=O)NN=Cc1ccccc1. The second-order valence-corrected chi connectivity index (χ2v) is 5.92. The summed E-state index contributed by atoms with van der Waals surface area (Å²) in [5.41, 5.74) is 5.56. The zero-order valence-electron chi connectivity index (χ0n) is 14.8. The molecule has 0 radical (unpaired) electrons. The molecular formula is C22H19N3O2. The summed E-state index contributed by atoms with van der Waals surface area (Å²) in [6, 6.07) is 23.6. The Balaban J connectivity index is 1.73. The van der Waals surface area contributed by atoms with Crippen molar-refractivity contribution in [3.05, 3.63) is 101 Å². The number of nitrogens with one attached hydrogen (secondary N) is 2. The summed E-state index contributed by atoms with van der Waals surface area (Å²) in [6.45, 7) is 1.87. The number of nitrogens with zero attached hydrogens (tertiary/aromatic N) is 1. The summed E-state index contributed by atoms with van der Waals surface area (Å²) in [4.78, 5) is 25.0. The van der Waals surface area contributed by atoms with Gasteiger partial charge in [-0.05, 0) is 36.2 Å². The van der Waals surface area contributed by atoms with E-state index in [0.717, 1.165) is 11.1 Å². The molecule has 3 aromatic carbocycles. The Bertz CT molecular complexity index is 982. The first-order valence-corrected chi connectivity index (χ1v) is 8.49. The molecule has 0 aromatic heterocycles. The summed E-state index contributed by atoms with van der Waals surface area (Å²) >= 11 is 0. The number of para-hydroxylation sites is 1. The molecule has 3 rings (SSSR count). The number of benzene rings is 3. The molecule has 0 aliphatic carbocycles. The van der Waals surface area contributed by atoms with Gasteiger partial charge in [-0.15, -0.1) is 0 Å². The molecule has 2 N–H and O–H groups in total. The first-order valence-electron chi connectivity index (χ1n) is 8.49. The minimum atomic E-state index is -0.400. The summed E-state index contributed by atoms with van der Waals surface area (Å²) in [5.74, 6) is -0.663. The number of hydrazone groups is 1. The quantitative estimate of drug-likeness (QED) is 0.535. The van der Waals surface area contributed by atoms with Gasteiger partial charge in [-0.25, -0.2) is 5.43 Å². The third-order valence-electron chi connectivity index (χ3n) is 3.99. The third-order valence-corrected chi connectivity index (χ3v) is 3.99. The van der Waals surface area contributed by atoms with Crippen LogP contribution < -0.4 is 10.7 Å². The van der Waals surface area contributed by atoms with Crippen molar-refractivity contribution in [2.75, 3.05) is 5.32 Å². The van der Waals surface area contributed by atoms with Crippen molar-refractivity contribution in [2.45, 2.75) is 6.92 Å². The minimum Gasteiger partial charge on any atom is -0.321 e. The molecule has 0 atom stereocenters. The van der Waals surface area contributed by atoms with Crippen LogP contribution in [0.2, 0.25) is 0 Å². The van der Waals surface area contributed by atoms with Crippen LogP contribution in [0, 0.1) is 6.92 Å². The van der Waals surface area contributed by atoms with Gasteiger partial charge in [0, 0.05) is 5.56 Å². The highest BCUT2D eigenvalue weighted by Gasteiger charge is 2.14. The van der Waals surface area contributed by atoms with Gasteiger partial charge in [0.15, 0.2) is 0 Å². The van der Waals surface area contributed by atoms with Crippen LogP contribution in [0.15, 0.2) is 84.0 Å². The molecule has 0 bridgehead atoms. The van der Waals surface area contributed by atoms with Crippen molar-refractivity contribution >= 4 is 23.7 Å². The van der Waals surface area contributed by atoms with Crippen LogP contribution in [-0.4, -0.2) is 18.0 Å². The highest BCUT2D eigenvalue weighted by atomic mass is 16.2. The van der Waals surface area contributed by atoms with E-state index in [4.69, 9.17) is 0 Å². The minimum absolute atomic E-state index is 0.263. The van der Waals surface area contributed by atoms with E-state index in [0.29, 0.717) is 16.8 Å². The molecule has 0 aliphatic heterocycles. The molecule has 0 fully saturated rings. The Kier molecular flexibility index (Phi) is 5.74. The maximum absolute atomic E-state index is 12.5. The second kappa shape index (κ2) is 8.58. The molecule has 134 valence electrons. The lowest BCUT2D eigenvalue weighted by atomic mass is 10.1. The van der Waals surface area contributed by atoms with Crippen LogP contribution in [0.1, 0.15) is 31.8 Å². The van der Waals surface area contributed by atoms with Crippen LogP contribution in [0.5, 0.6) is 0 Å². The lowest BCUT2D eigenvalue weighted by molar-refractivity contribution is 0.0956. The summed E-state index contributed by atoms with van der Waals surface area (Å²) in [7, 11) is 0. The van der Waals surface area contributed by atoms with E-state index in [-0.39, 0.29) is 5.91 Å². The van der Waals surface area contributed by atoms with Gasteiger partial charge in [0.2, 0.25) is 0 Å². The first kappa shape index (κ1) is 18.1. The van der Waals surface area contributed by atoms with Crippen LogP contribution in [0.3, 0.4) is 0 Å². The number of rotatable bonds is 5. The number of aryl methyl sites for hydroxylation is 1. The Morgan fingerprint density at radius 1 is 0.778 bits per heavy atom. The molecule has 3 aromatic rings. The van der Waals surface area contributed by atoms with Gasteiger partial charge in [-0.2, -0.15) is 5.10 Å². The fourth-order valence-electron chi connectivity index (χ4n) is 2.57. The molecule has 0 aliphatic rings. The normalized spacial score (nSPS) is 10.6. The van der Waals surface area contributed by atoms with Gasteiger partial charge in [-0.1, -0.05) is 60.7 Å². The Labute approximate surface area is 157 Å². The average Bonchev–Trinajstić information content (AvgIpc) is 2.69. The standard InChI is InChI=1S/C22H19N3O2/c1-16-9-5-6-12-18(16)21(26)24-20-14-8-7-13-19(20)22(27)25-23-15-17-10-3-2-4-11-17/h2-15H,1H3,(H,24,26)(H,25,27). The number of carbonyl (C=O) groups excluding carboxylic acids is 2. The lowest BCUT2D eigenvalue weighted by Gasteiger charge is -2.11. The highest BCUT2D eigenvalue weighted by molar-refractivity contribution is 6.09. The topological polar surface area (TPSA) is 70.6 Å². The third kappa shape index (κ3) is 4.67. The van der Waals surface area contributed by atoms with Gasteiger partial charge in [0.1, 0.15) is 0 Å². The summed E-state index contributed by atoms with van der Waals surface area (Å²) in [5, 5.41) is 6.78. The Hall–Kier alpha value is -3.73. The summed E-state index contributed by atoms with van der Waals surface area (Å²) < 4.78 is 0. The molecule has 0 saturated carbocycles. The van der Waals surface area contributed by atoms with Gasteiger partial charge in [0.25, 0.3) is 11.8 Å². The molecule has 0 spiro atoms. The number of hydrogen-bond donors (Lipinski definition) is 2. The second-order valence-electron chi connectivity index (χ2n) is 5.92. The van der Waals surface area contributed by atoms with Crippen molar-refractivity contribution < 1.29 is 9.59 Å². The van der Waals surface area contributed by atoms with E-state index >= 15 is 0 Å². The molecule has 0 unspecified atom stereocenters. The van der Waals surface area contributed by atoms with E-state index < -0.39 is 5.91 Å². The largest absolute Gasteiger partial charge is 0.321 e. The van der Waals surface area contributed by atoms with Crippen LogP contribution >= 0.6 is 0 Å². The molecule has 0 heterocycles. The maximum atomic E-state index is 12.5. The fourth-order valence-corrected chi connectivity index (χ4v) is 2.57. The zero-order chi connectivity index (χ0) is 19.1. The van der Waals surface area contributed by atoms with E-state index in [1.807, 2.05) is 49.4 Å². The molecule has 27 heavy (non-hydrogen) atoms. The van der Waals surface area contributed by atoms with E-state index in [1.165, 1.54) is 0 Å². The maximum Gasteiger partial charge on any atom is 0.273 e. The van der Waals surface area contributed by atoms with Crippen LogP contribution in [0.25, 0.3) is 0 Å². The molecule has 2 amide bonds. The van der Waals surface area contributed by atoms with Gasteiger partial charge in [0.05, 0.1) is 17.5 Å². The van der Waals surface area contributed by atoms with E-state index in [2.05, 4.69) is 15.8 Å². The highest BCUT2D eigenvalue weighted by Crippen LogP contribution is 2.17. The van der Waals surface area contributed by atoms with Gasteiger partial charge >= 0.3 is 0 Å².